The Morgan fingerprint density at radius 2 is 1.74 bits per heavy atom. The molecular weight excluding hydrogens is 454 g/mol. The first-order valence-electron chi connectivity index (χ1n) is 11.5. The number of hydrogen-bond acceptors (Lipinski definition) is 5. The highest BCUT2D eigenvalue weighted by Gasteiger charge is 2.40. The molecule has 1 amide bonds. The van der Waals surface area contributed by atoms with E-state index in [2.05, 4.69) is 52.9 Å². The number of nitrogens with one attached hydrogen (secondary N) is 1. The second kappa shape index (κ2) is 9.47. The van der Waals surface area contributed by atoms with Gasteiger partial charge in [-0.25, -0.2) is 4.99 Å². The van der Waals surface area contributed by atoms with Gasteiger partial charge in [-0.15, -0.1) is 0 Å². The summed E-state index contributed by atoms with van der Waals surface area (Å²) in [5.41, 5.74) is 7.39. The standard InChI is InChI=1S/C29H27N3O2S/c1-18-10-13-21(14-11-18)24-17-35-29-30-20(3)26(28(33)31-23-8-6-5-7-9-23)27(32(24)29)22-15-12-19(2)25(16-22)34-4/h5-17,27H,1-4H3,(H,31,33)/t27-/m0/s1. The number of hydrogen-bond donors (Lipinski definition) is 1. The van der Waals surface area contributed by atoms with Crippen molar-refractivity contribution in [2.24, 2.45) is 4.99 Å². The van der Waals surface area contributed by atoms with Gasteiger partial charge in [-0.05, 0) is 55.7 Å². The van der Waals surface area contributed by atoms with Crippen LogP contribution in [0.1, 0.15) is 35.2 Å². The van der Waals surface area contributed by atoms with Crippen molar-refractivity contribution in [3.8, 4) is 5.75 Å². The van der Waals surface area contributed by atoms with Crippen LogP contribution in [-0.4, -0.2) is 23.1 Å². The normalized spacial score (nSPS) is 17.0. The molecule has 0 spiro atoms. The first-order valence-corrected chi connectivity index (χ1v) is 12.4. The largest absolute Gasteiger partial charge is 0.496 e. The number of aliphatic imine (C=N–C) groups is 1. The van der Waals surface area contributed by atoms with Gasteiger partial charge in [0, 0.05) is 11.1 Å². The van der Waals surface area contributed by atoms with Crippen molar-refractivity contribution in [2.45, 2.75) is 26.8 Å². The second-order valence-electron chi connectivity index (χ2n) is 8.70. The number of methoxy groups -OCH3 is 1. The number of aryl methyl sites for hydroxylation is 2. The first kappa shape index (κ1) is 23.0. The van der Waals surface area contributed by atoms with Crippen LogP contribution in [0.25, 0.3) is 5.70 Å². The summed E-state index contributed by atoms with van der Waals surface area (Å²) < 4.78 is 5.65. The van der Waals surface area contributed by atoms with Crippen molar-refractivity contribution in [3.05, 3.63) is 112 Å². The van der Waals surface area contributed by atoms with Crippen molar-refractivity contribution >= 4 is 34.2 Å². The lowest BCUT2D eigenvalue weighted by molar-refractivity contribution is -0.113. The van der Waals surface area contributed by atoms with E-state index < -0.39 is 0 Å². The minimum absolute atomic E-state index is 0.166. The van der Waals surface area contributed by atoms with Gasteiger partial charge in [0.1, 0.15) is 5.75 Å². The summed E-state index contributed by atoms with van der Waals surface area (Å²) >= 11 is 1.58. The van der Waals surface area contributed by atoms with E-state index in [9.17, 15) is 4.79 Å². The van der Waals surface area contributed by atoms with Gasteiger partial charge in [0.15, 0.2) is 5.17 Å². The summed E-state index contributed by atoms with van der Waals surface area (Å²) in [4.78, 5) is 20.8. The maximum absolute atomic E-state index is 13.7. The number of fused-ring (bicyclic) bond motifs is 1. The Morgan fingerprint density at radius 1 is 1.00 bits per heavy atom. The molecule has 2 heterocycles. The molecule has 0 aliphatic carbocycles. The van der Waals surface area contributed by atoms with Crippen molar-refractivity contribution in [3.63, 3.8) is 0 Å². The van der Waals surface area contributed by atoms with E-state index >= 15 is 0 Å². The SMILES string of the molecule is COc1cc([C@H]2C(C(=O)Nc3ccccc3)=C(C)N=C3SC=C(c4ccc(C)cc4)N32)ccc1C. The van der Waals surface area contributed by atoms with Crippen LogP contribution in [0.3, 0.4) is 0 Å². The molecule has 2 aliphatic heterocycles. The third-order valence-corrected chi connectivity index (χ3v) is 7.14. The molecule has 0 bridgehead atoms. The number of carbonyl (C=O) groups is 1. The number of anilines is 1. The molecule has 3 aromatic carbocycles. The molecule has 35 heavy (non-hydrogen) atoms. The lowest BCUT2D eigenvalue weighted by Crippen LogP contribution is -2.37. The molecule has 0 saturated carbocycles. The van der Waals surface area contributed by atoms with Crippen molar-refractivity contribution in [1.82, 2.24) is 4.90 Å². The van der Waals surface area contributed by atoms with E-state index in [0.717, 1.165) is 39.0 Å². The zero-order chi connectivity index (χ0) is 24.5. The Balaban J connectivity index is 1.63. The number of amides is 1. The maximum atomic E-state index is 13.7. The molecule has 0 saturated heterocycles. The number of amidine groups is 1. The summed E-state index contributed by atoms with van der Waals surface area (Å²) in [6.07, 6.45) is 0. The van der Waals surface area contributed by atoms with E-state index in [1.807, 2.05) is 56.3 Å². The Hall–Kier alpha value is -3.77. The quantitative estimate of drug-likeness (QED) is 0.441. The predicted octanol–water partition coefficient (Wildman–Crippen LogP) is 6.68. The minimum atomic E-state index is -0.358. The molecule has 0 unspecified atom stereocenters. The molecule has 0 aromatic heterocycles. The van der Waals surface area contributed by atoms with Gasteiger partial charge < -0.3 is 15.0 Å². The van der Waals surface area contributed by atoms with Crippen LogP contribution in [-0.2, 0) is 4.79 Å². The number of rotatable bonds is 5. The Bertz CT molecular complexity index is 1370. The summed E-state index contributed by atoms with van der Waals surface area (Å²) in [7, 11) is 1.67. The lowest BCUT2D eigenvalue weighted by atomic mass is 9.91. The van der Waals surface area contributed by atoms with Crippen LogP contribution < -0.4 is 10.1 Å². The molecule has 3 aromatic rings. The molecule has 0 radical (unpaired) electrons. The number of thioether (sulfide) groups is 1. The fourth-order valence-electron chi connectivity index (χ4n) is 4.45. The van der Waals surface area contributed by atoms with Crippen LogP contribution in [0.5, 0.6) is 5.75 Å². The third kappa shape index (κ3) is 4.37. The minimum Gasteiger partial charge on any atom is -0.496 e. The van der Waals surface area contributed by atoms with Crippen LogP contribution in [0, 0.1) is 13.8 Å². The molecule has 5 nitrogen and oxygen atoms in total. The molecule has 5 rings (SSSR count). The smallest absolute Gasteiger partial charge is 0.255 e. The van der Waals surface area contributed by atoms with Crippen molar-refractivity contribution in [1.29, 1.82) is 0 Å². The van der Waals surface area contributed by atoms with E-state index in [-0.39, 0.29) is 11.9 Å². The summed E-state index contributed by atoms with van der Waals surface area (Å²) in [5, 5.41) is 6.05. The summed E-state index contributed by atoms with van der Waals surface area (Å²) in [6.45, 7) is 6.01. The van der Waals surface area contributed by atoms with Gasteiger partial charge in [0.05, 0.1) is 30.1 Å². The Morgan fingerprint density at radius 3 is 2.46 bits per heavy atom. The number of carbonyl (C=O) groups excluding carboxylic acids is 1. The molecule has 1 atom stereocenters. The van der Waals surface area contributed by atoms with Gasteiger partial charge in [-0.1, -0.05) is 71.9 Å². The second-order valence-corrected chi connectivity index (χ2v) is 9.54. The number of allylic oxidation sites excluding steroid dienone is 1. The lowest BCUT2D eigenvalue weighted by Gasteiger charge is -2.37. The van der Waals surface area contributed by atoms with Gasteiger partial charge in [-0.3, -0.25) is 4.79 Å². The zero-order valence-electron chi connectivity index (χ0n) is 20.2. The zero-order valence-corrected chi connectivity index (χ0v) is 21.0. The molecule has 6 heteroatoms. The summed E-state index contributed by atoms with van der Waals surface area (Å²) in [5.74, 6) is 0.626. The van der Waals surface area contributed by atoms with Gasteiger partial charge in [0.25, 0.3) is 5.91 Å². The molecular formula is C29H27N3O2S. The van der Waals surface area contributed by atoms with Crippen LogP contribution in [0.4, 0.5) is 5.69 Å². The number of benzene rings is 3. The highest BCUT2D eigenvalue weighted by atomic mass is 32.2. The molecule has 2 aliphatic rings. The van der Waals surface area contributed by atoms with E-state index in [0.29, 0.717) is 11.3 Å². The van der Waals surface area contributed by atoms with Gasteiger partial charge in [-0.2, -0.15) is 0 Å². The van der Waals surface area contributed by atoms with Crippen molar-refractivity contribution in [2.75, 3.05) is 12.4 Å². The fraction of sp³-hybridized carbons (Fsp3) is 0.172. The monoisotopic (exact) mass is 481 g/mol. The molecule has 176 valence electrons. The van der Waals surface area contributed by atoms with Crippen LogP contribution in [0.2, 0.25) is 0 Å². The number of para-hydroxylation sites is 1. The average Bonchev–Trinajstić information content (AvgIpc) is 3.28. The van der Waals surface area contributed by atoms with Gasteiger partial charge in [0.2, 0.25) is 0 Å². The highest BCUT2D eigenvalue weighted by Crippen LogP contribution is 2.47. The molecule has 0 fully saturated rings. The van der Waals surface area contributed by atoms with Crippen LogP contribution >= 0.6 is 11.8 Å². The van der Waals surface area contributed by atoms with E-state index in [4.69, 9.17) is 9.73 Å². The number of nitrogens with zero attached hydrogens (tertiary/aromatic N) is 2. The maximum Gasteiger partial charge on any atom is 0.255 e. The van der Waals surface area contributed by atoms with Gasteiger partial charge >= 0.3 is 0 Å². The first-order chi connectivity index (χ1) is 17.0. The molecule has 1 N–H and O–H groups in total. The Kier molecular flexibility index (Phi) is 6.22. The van der Waals surface area contributed by atoms with E-state index in [1.54, 1.807) is 18.9 Å². The highest BCUT2D eigenvalue weighted by molar-refractivity contribution is 8.16. The topological polar surface area (TPSA) is 53.9 Å². The van der Waals surface area contributed by atoms with Crippen molar-refractivity contribution < 1.29 is 9.53 Å². The van der Waals surface area contributed by atoms with Crippen LogP contribution in [0.15, 0.2) is 94.5 Å². The number of ether oxygens (including phenoxy) is 1. The van der Waals surface area contributed by atoms with E-state index in [1.165, 1.54) is 5.56 Å². The fourth-order valence-corrected chi connectivity index (χ4v) is 5.42. The summed E-state index contributed by atoms with van der Waals surface area (Å²) in [6, 6.07) is 23.8. The Labute approximate surface area is 210 Å². The third-order valence-electron chi connectivity index (χ3n) is 6.30. The average molecular weight is 482 g/mol. The predicted molar refractivity (Wildman–Crippen MR) is 144 cm³/mol.